The number of methoxy groups -OCH3 is 1. The summed E-state index contributed by atoms with van der Waals surface area (Å²) in [6.07, 6.45) is 2.25. The summed E-state index contributed by atoms with van der Waals surface area (Å²) in [7, 11) is 1.67. The van der Waals surface area contributed by atoms with Gasteiger partial charge in [0.05, 0.1) is 19.8 Å². The summed E-state index contributed by atoms with van der Waals surface area (Å²) in [6.45, 7) is 2.52. The lowest BCUT2D eigenvalue weighted by atomic mass is 10.1. The van der Waals surface area contributed by atoms with E-state index in [0.29, 0.717) is 18.9 Å². The lowest BCUT2D eigenvalue weighted by molar-refractivity contribution is -0.121. The van der Waals surface area contributed by atoms with Gasteiger partial charge in [0.15, 0.2) is 0 Å². The van der Waals surface area contributed by atoms with Gasteiger partial charge in [0.25, 0.3) is 0 Å². The first-order valence-corrected chi connectivity index (χ1v) is 10.0. The third-order valence-electron chi connectivity index (χ3n) is 5.77. The van der Waals surface area contributed by atoms with E-state index in [0.717, 1.165) is 37.4 Å². The number of hydrogen-bond acceptors (Lipinski definition) is 4. The summed E-state index contributed by atoms with van der Waals surface area (Å²) in [6, 6.07) is 18.9. The molecule has 3 atom stereocenters. The van der Waals surface area contributed by atoms with Crippen LogP contribution in [0.4, 0.5) is 0 Å². The second-order valence-corrected chi connectivity index (χ2v) is 7.65. The monoisotopic (exact) mass is 380 g/mol. The van der Waals surface area contributed by atoms with E-state index in [-0.39, 0.29) is 18.1 Å². The number of aryl methyl sites for hydroxylation is 1. The van der Waals surface area contributed by atoms with Crippen LogP contribution >= 0.6 is 0 Å². The fourth-order valence-corrected chi connectivity index (χ4v) is 4.31. The predicted octanol–water partition coefficient (Wildman–Crippen LogP) is 2.96. The Morgan fingerprint density at radius 3 is 2.75 bits per heavy atom. The van der Waals surface area contributed by atoms with E-state index in [2.05, 4.69) is 34.5 Å². The normalized spacial score (nSPS) is 24.5. The fourth-order valence-electron chi connectivity index (χ4n) is 4.31. The Labute approximate surface area is 166 Å². The molecule has 0 radical (unpaired) electrons. The first-order chi connectivity index (χ1) is 13.7. The van der Waals surface area contributed by atoms with Crippen LogP contribution in [0.15, 0.2) is 54.6 Å². The van der Waals surface area contributed by atoms with Crippen LogP contribution in [-0.4, -0.2) is 49.7 Å². The average molecular weight is 380 g/mol. The Morgan fingerprint density at radius 1 is 1.14 bits per heavy atom. The molecule has 148 valence electrons. The van der Waals surface area contributed by atoms with Crippen LogP contribution in [0.25, 0.3) is 0 Å². The Morgan fingerprint density at radius 2 is 1.93 bits per heavy atom. The van der Waals surface area contributed by atoms with E-state index in [1.807, 2.05) is 30.3 Å². The number of ether oxygens (including phenoxy) is 2. The smallest absolute Gasteiger partial charge is 0.220 e. The highest BCUT2D eigenvalue weighted by atomic mass is 16.5. The molecule has 0 aromatic heterocycles. The lowest BCUT2D eigenvalue weighted by Gasteiger charge is -2.35. The van der Waals surface area contributed by atoms with Gasteiger partial charge in [-0.3, -0.25) is 9.69 Å². The van der Waals surface area contributed by atoms with Crippen LogP contribution in [0.3, 0.4) is 0 Å². The minimum Gasteiger partial charge on any atom is -0.496 e. The molecular weight excluding hydrogens is 352 g/mol. The molecule has 28 heavy (non-hydrogen) atoms. The second kappa shape index (κ2) is 8.76. The van der Waals surface area contributed by atoms with E-state index in [4.69, 9.17) is 9.47 Å². The molecule has 1 N–H and O–H groups in total. The van der Waals surface area contributed by atoms with Crippen LogP contribution in [-0.2, 0) is 16.0 Å². The van der Waals surface area contributed by atoms with Crippen LogP contribution in [0.5, 0.6) is 5.75 Å². The molecule has 2 aliphatic heterocycles. The first-order valence-electron chi connectivity index (χ1n) is 10.0. The Bertz CT molecular complexity index is 795. The van der Waals surface area contributed by atoms with Gasteiger partial charge in [0.1, 0.15) is 5.75 Å². The van der Waals surface area contributed by atoms with Gasteiger partial charge in [0.2, 0.25) is 5.91 Å². The largest absolute Gasteiger partial charge is 0.496 e. The zero-order valence-corrected chi connectivity index (χ0v) is 16.3. The number of para-hydroxylation sites is 1. The predicted molar refractivity (Wildman–Crippen MR) is 108 cm³/mol. The number of benzene rings is 2. The maximum Gasteiger partial charge on any atom is 0.220 e. The van der Waals surface area contributed by atoms with E-state index in [9.17, 15) is 4.79 Å². The van der Waals surface area contributed by atoms with Crippen molar-refractivity contribution in [2.75, 3.05) is 26.8 Å². The van der Waals surface area contributed by atoms with Crippen molar-refractivity contribution in [3.05, 3.63) is 65.7 Å². The molecule has 2 saturated heterocycles. The molecule has 2 aromatic rings. The van der Waals surface area contributed by atoms with Crippen molar-refractivity contribution in [1.82, 2.24) is 10.2 Å². The topological polar surface area (TPSA) is 50.8 Å². The van der Waals surface area contributed by atoms with Crippen molar-refractivity contribution in [1.29, 1.82) is 0 Å². The minimum atomic E-state index is 0.108. The van der Waals surface area contributed by atoms with Crippen molar-refractivity contribution < 1.29 is 14.3 Å². The maximum absolute atomic E-state index is 12.5. The Balaban J connectivity index is 1.27. The van der Waals surface area contributed by atoms with Gasteiger partial charge < -0.3 is 14.8 Å². The third-order valence-corrected chi connectivity index (χ3v) is 5.77. The summed E-state index contributed by atoms with van der Waals surface area (Å²) in [5, 5.41) is 3.22. The second-order valence-electron chi connectivity index (χ2n) is 7.65. The summed E-state index contributed by atoms with van der Waals surface area (Å²) >= 11 is 0. The number of morpholine rings is 1. The highest BCUT2D eigenvalue weighted by Gasteiger charge is 2.38. The van der Waals surface area contributed by atoms with Crippen LogP contribution < -0.4 is 10.1 Å². The highest BCUT2D eigenvalue weighted by Crippen LogP contribution is 2.30. The van der Waals surface area contributed by atoms with Gasteiger partial charge in [-0.1, -0.05) is 48.5 Å². The van der Waals surface area contributed by atoms with Gasteiger partial charge in [-0.25, -0.2) is 0 Å². The SMILES string of the molecule is COc1ccccc1CCC(=O)N[C@H]1C[C@H]2CO[C@@H](c3ccccc3)CN2C1. The molecule has 4 rings (SSSR count). The van der Waals surface area contributed by atoms with Crippen molar-refractivity contribution in [3.63, 3.8) is 0 Å². The molecule has 0 bridgehead atoms. The highest BCUT2D eigenvalue weighted by molar-refractivity contribution is 5.76. The minimum absolute atomic E-state index is 0.108. The summed E-state index contributed by atoms with van der Waals surface area (Å²) < 4.78 is 11.5. The molecule has 0 aliphatic carbocycles. The van der Waals surface area contributed by atoms with Gasteiger partial charge in [-0.05, 0) is 30.0 Å². The number of carbonyl (C=O) groups excluding carboxylic acids is 1. The van der Waals surface area contributed by atoms with Crippen molar-refractivity contribution in [2.24, 2.45) is 0 Å². The maximum atomic E-state index is 12.5. The van der Waals surface area contributed by atoms with Gasteiger partial charge in [-0.2, -0.15) is 0 Å². The number of fused-ring (bicyclic) bond motifs is 1. The lowest BCUT2D eigenvalue weighted by Crippen LogP contribution is -2.43. The molecular formula is C23H28N2O3. The summed E-state index contributed by atoms with van der Waals surface area (Å²) in [5.41, 5.74) is 2.30. The van der Waals surface area contributed by atoms with Crippen molar-refractivity contribution in [3.8, 4) is 5.75 Å². The van der Waals surface area contributed by atoms with E-state index in [1.54, 1.807) is 7.11 Å². The van der Waals surface area contributed by atoms with Gasteiger partial charge >= 0.3 is 0 Å². The fraction of sp³-hybridized carbons (Fsp3) is 0.435. The molecule has 2 heterocycles. The number of carbonyl (C=O) groups is 1. The third kappa shape index (κ3) is 4.37. The average Bonchev–Trinajstić information content (AvgIpc) is 3.14. The molecule has 2 aliphatic rings. The van der Waals surface area contributed by atoms with Crippen LogP contribution in [0, 0.1) is 0 Å². The van der Waals surface area contributed by atoms with Crippen LogP contribution in [0.2, 0.25) is 0 Å². The summed E-state index contributed by atoms with van der Waals surface area (Å²) in [4.78, 5) is 14.9. The van der Waals surface area contributed by atoms with Gasteiger partial charge in [0, 0.05) is 31.6 Å². The molecule has 0 unspecified atom stereocenters. The zero-order chi connectivity index (χ0) is 19.3. The van der Waals surface area contributed by atoms with Crippen LogP contribution in [0.1, 0.15) is 30.1 Å². The Kier molecular flexibility index (Phi) is 5.93. The van der Waals surface area contributed by atoms with E-state index < -0.39 is 0 Å². The molecule has 5 heteroatoms. The van der Waals surface area contributed by atoms with E-state index >= 15 is 0 Å². The summed E-state index contributed by atoms with van der Waals surface area (Å²) in [5.74, 6) is 0.952. The molecule has 0 saturated carbocycles. The molecule has 0 spiro atoms. The standard InChI is InChI=1S/C23H28N2O3/c1-27-21-10-6-5-9-18(21)11-12-23(26)24-19-13-20-16-28-22(15-25(20)14-19)17-7-3-2-4-8-17/h2-10,19-20,22H,11-16H2,1H3,(H,24,26)/t19-,20-,22+/m0/s1. The number of hydrogen-bond donors (Lipinski definition) is 1. The number of nitrogens with zero attached hydrogens (tertiary/aromatic N) is 1. The molecule has 1 amide bonds. The molecule has 2 fully saturated rings. The molecule has 5 nitrogen and oxygen atoms in total. The van der Waals surface area contributed by atoms with Crippen molar-refractivity contribution in [2.45, 2.75) is 37.5 Å². The van der Waals surface area contributed by atoms with Crippen molar-refractivity contribution >= 4 is 5.91 Å². The number of amides is 1. The van der Waals surface area contributed by atoms with E-state index in [1.165, 1.54) is 5.56 Å². The quantitative estimate of drug-likeness (QED) is 0.837. The number of nitrogens with one attached hydrogen (secondary N) is 1. The first kappa shape index (κ1) is 19.0. The van der Waals surface area contributed by atoms with Gasteiger partial charge in [-0.15, -0.1) is 0 Å². The zero-order valence-electron chi connectivity index (χ0n) is 16.3. The molecule has 2 aromatic carbocycles. The number of rotatable bonds is 6. The Hall–Kier alpha value is -2.37.